The van der Waals surface area contributed by atoms with Crippen LogP contribution in [0.25, 0.3) is 10.8 Å². The Morgan fingerprint density at radius 2 is 1.48 bits per heavy atom. The number of Topliss-reactive ketones (excluding diaryl/α,β-unsaturated/α-hetero) is 2. The quantitative estimate of drug-likeness (QED) is 0.155. The number of methoxy groups -OCH3 is 1. The van der Waals surface area contributed by atoms with Gasteiger partial charge in [0.1, 0.15) is 47.8 Å². The van der Waals surface area contributed by atoms with Gasteiger partial charge in [-0.15, -0.1) is 0 Å². The average Bonchev–Trinajstić information content (AvgIpc) is 3.14. The number of aliphatic hydroxyl groups is 6. The standard InChI is InChI=1S/C39H54O17/c1-14-24(54-26-8-7-22(41)16(3)51-26)11-20-9-19-10-21(38(50-6)37(49)32(44)15(2)40)39(36(48)30(19)35(47)29(20)31(14)43)56-28-13-25(34(46)18(5)53-28)55-27-12-23(42)33(45)17(4)52-27/h9,11,15-18,21-23,25-28,32-34,38-47H,7-8,10,12-13H2,1-6H3/t15-,16?,17?,18?,21+,22-,23-,25-,26+,27+,28+,32+,33+,34+,38+,39+/m1/s1. The highest BCUT2D eigenvalue weighted by Crippen LogP contribution is 2.47. The van der Waals surface area contributed by atoms with Crippen molar-refractivity contribution < 1.29 is 83.6 Å². The Balaban J connectivity index is 1.35. The van der Waals surface area contributed by atoms with Crippen molar-refractivity contribution in [2.45, 2.75) is 159 Å². The second-order valence-electron chi connectivity index (χ2n) is 15.5. The maximum atomic E-state index is 14.6. The van der Waals surface area contributed by atoms with Gasteiger partial charge >= 0.3 is 0 Å². The van der Waals surface area contributed by atoms with Crippen molar-refractivity contribution in [2.24, 2.45) is 5.92 Å². The summed E-state index contributed by atoms with van der Waals surface area (Å²) in [6, 6.07) is 3.16. The Morgan fingerprint density at radius 3 is 2.11 bits per heavy atom. The van der Waals surface area contributed by atoms with Crippen LogP contribution in [0.5, 0.6) is 17.2 Å². The summed E-state index contributed by atoms with van der Waals surface area (Å²) in [5.74, 6) is -3.52. The van der Waals surface area contributed by atoms with E-state index in [4.69, 9.17) is 33.2 Å². The van der Waals surface area contributed by atoms with Gasteiger partial charge in [-0.25, -0.2) is 0 Å². The summed E-state index contributed by atoms with van der Waals surface area (Å²) in [6.45, 7) is 7.65. The Labute approximate surface area is 323 Å². The van der Waals surface area contributed by atoms with Gasteiger partial charge in [-0.1, -0.05) is 0 Å². The van der Waals surface area contributed by atoms with E-state index in [1.54, 1.807) is 39.8 Å². The molecule has 6 rings (SSSR count). The molecule has 3 saturated heterocycles. The minimum Gasteiger partial charge on any atom is -0.507 e. The molecule has 3 fully saturated rings. The van der Waals surface area contributed by atoms with Gasteiger partial charge in [-0.2, -0.15) is 0 Å². The lowest BCUT2D eigenvalue weighted by molar-refractivity contribution is -0.311. The first-order valence-electron chi connectivity index (χ1n) is 19.1. The first kappa shape index (κ1) is 42.6. The summed E-state index contributed by atoms with van der Waals surface area (Å²) in [5, 5.41) is 85.6. The molecule has 0 radical (unpaired) electrons. The van der Waals surface area contributed by atoms with Gasteiger partial charge in [0.15, 0.2) is 30.4 Å². The van der Waals surface area contributed by atoms with Gasteiger partial charge in [0.05, 0.1) is 53.7 Å². The van der Waals surface area contributed by atoms with E-state index in [1.165, 1.54) is 14.0 Å². The number of benzene rings is 2. The van der Waals surface area contributed by atoms with E-state index in [0.717, 1.165) is 0 Å². The smallest absolute Gasteiger partial charge is 0.200 e. The molecule has 16 atom stereocenters. The van der Waals surface area contributed by atoms with Gasteiger partial charge in [0.2, 0.25) is 0 Å². The number of fused-ring (bicyclic) bond motifs is 2. The summed E-state index contributed by atoms with van der Waals surface area (Å²) < 4.78 is 41.5. The number of phenols is 2. The average molecular weight is 795 g/mol. The number of aromatic hydroxyl groups is 2. The third-order valence-corrected chi connectivity index (χ3v) is 11.5. The number of hydrogen-bond acceptors (Lipinski definition) is 17. The summed E-state index contributed by atoms with van der Waals surface area (Å²) in [4.78, 5) is 28.2. The monoisotopic (exact) mass is 794 g/mol. The highest BCUT2D eigenvalue weighted by atomic mass is 16.7. The van der Waals surface area contributed by atoms with E-state index in [-0.39, 0.29) is 52.8 Å². The van der Waals surface area contributed by atoms with Gasteiger partial charge in [0.25, 0.3) is 0 Å². The van der Waals surface area contributed by atoms with E-state index < -0.39 is 115 Å². The highest BCUT2D eigenvalue weighted by molar-refractivity contribution is 6.11. The van der Waals surface area contributed by atoms with E-state index in [2.05, 4.69) is 0 Å². The Kier molecular flexibility index (Phi) is 13.0. The lowest BCUT2D eigenvalue weighted by atomic mass is 9.75. The fourth-order valence-corrected chi connectivity index (χ4v) is 8.12. The van der Waals surface area contributed by atoms with Crippen LogP contribution >= 0.6 is 0 Å². The van der Waals surface area contributed by atoms with Gasteiger partial charge in [-0.3, -0.25) is 9.59 Å². The van der Waals surface area contributed by atoms with Crippen molar-refractivity contribution in [1.82, 2.24) is 0 Å². The second-order valence-corrected chi connectivity index (χ2v) is 15.5. The fourth-order valence-electron chi connectivity index (χ4n) is 8.12. The Hall–Kier alpha value is -3.04. The van der Waals surface area contributed by atoms with Crippen molar-refractivity contribution in [3.05, 3.63) is 28.8 Å². The molecule has 17 nitrogen and oxygen atoms in total. The predicted octanol–water partition coefficient (Wildman–Crippen LogP) is 0.628. The molecule has 2 aromatic carbocycles. The van der Waals surface area contributed by atoms with Crippen molar-refractivity contribution >= 4 is 22.3 Å². The van der Waals surface area contributed by atoms with Crippen molar-refractivity contribution in [3.63, 3.8) is 0 Å². The lowest BCUT2D eigenvalue weighted by Gasteiger charge is -2.43. The molecule has 17 heteroatoms. The Morgan fingerprint density at radius 1 is 0.839 bits per heavy atom. The van der Waals surface area contributed by atoms with E-state index in [1.807, 2.05) is 0 Å². The topological polar surface area (TPSA) is 261 Å². The number of ketones is 2. The number of hydrogen-bond donors (Lipinski definition) is 8. The van der Waals surface area contributed by atoms with Crippen LogP contribution < -0.4 is 4.74 Å². The summed E-state index contributed by atoms with van der Waals surface area (Å²) in [5.41, 5.74) is 0.339. The second kappa shape index (κ2) is 17.1. The van der Waals surface area contributed by atoms with Gasteiger partial charge < -0.3 is 74.0 Å². The molecule has 0 saturated carbocycles. The summed E-state index contributed by atoms with van der Waals surface area (Å²) >= 11 is 0. The summed E-state index contributed by atoms with van der Waals surface area (Å²) in [6.07, 6.45) is -16.2. The van der Waals surface area contributed by atoms with Crippen LogP contribution in [0.3, 0.4) is 0 Å². The largest absolute Gasteiger partial charge is 0.507 e. The number of aliphatic hydroxyl groups excluding tert-OH is 6. The molecule has 0 bridgehead atoms. The zero-order valence-electron chi connectivity index (χ0n) is 32.2. The highest BCUT2D eigenvalue weighted by Gasteiger charge is 2.50. The third kappa shape index (κ3) is 8.28. The molecule has 312 valence electrons. The molecule has 56 heavy (non-hydrogen) atoms. The minimum absolute atomic E-state index is 0.0375. The maximum Gasteiger partial charge on any atom is 0.200 e. The first-order chi connectivity index (χ1) is 26.4. The number of ether oxygens (including phenoxy) is 7. The molecule has 0 spiro atoms. The molecule has 3 heterocycles. The van der Waals surface area contributed by atoms with Crippen LogP contribution in [0.4, 0.5) is 0 Å². The number of phenolic OH excluding ortho intramolecular Hbond substituents is 2. The Bertz CT molecular complexity index is 1740. The molecule has 0 aromatic heterocycles. The molecule has 8 N–H and O–H groups in total. The predicted molar refractivity (Wildman–Crippen MR) is 193 cm³/mol. The van der Waals surface area contributed by atoms with Crippen molar-refractivity contribution in [2.75, 3.05) is 7.11 Å². The van der Waals surface area contributed by atoms with E-state index in [0.29, 0.717) is 18.2 Å². The first-order valence-corrected chi connectivity index (χ1v) is 19.1. The summed E-state index contributed by atoms with van der Waals surface area (Å²) in [7, 11) is 1.21. The molecule has 0 amide bonds. The maximum absolute atomic E-state index is 14.6. The van der Waals surface area contributed by atoms with Crippen LogP contribution in [0.15, 0.2) is 12.1 Å². The van der Waals surface area contributed by atoms with Crippen molar-refractivity contribution in [1.29, 1.82) is 0 Å². The molecule has 3 unspecified atom stereocenters. The van der Waals surface area contributed by atoms with Crippen LogP contribution in [-0.4, -0.2) is 152 Å². The zero-order chi connectivity index (χ0) is 40.9. The van der Waals surface area contributed by atoms with Gasteiger partial charge in [0, 0.05) is 37.9 Å². The van der Waals surface area contributed by atoms with Crippen LogP contribution in [0.2, 0.25) is 0 Å². The lowest BCUT2D eigenvalue weighted by Crippen LogP contribution is -2.56. The SMILES string of the molecule is CO[C@H](C(=O)[C@@H](O)[C@@H](C)O)[C@@H]1Cc2cc3cc(O[C@H]4CC[C@@H](O)C(C)O4)c(C)c(O)c3c(O)c2C(=O)[C@H]1O[C@H]1C[C@@H](O[C@H]2C[C@@H](O)[C@@H](O)C(C)O2)[C@@H](O)C(C)O1. The van der Waals surface area contributed by atoms with E-state index >= 15 is 0 Å². The molecular weight excluding hydrogens is 740 g/mol. The van der Waals surface area contributed by atoms with Crippen LogP contribution in [0, 0.1) is 12.8 Å². The van der Waals surface area contributed by atoms with Crippen molar-refractivity contribution in [3.8, 4) is 17.2 Å². The molecule has 1 aliphatic carbocycles. The van der Waals surface area contributed by atoms with Crippen LogP contribution in [0.1, 0.15) is 74.9 Å². The van der Waals surface area contributed by atoms with Crippen LogP contribution in [-0.2, 0) is 39.6 Å². The number of carbonyl (C=O) groups excluding carboxylic acids is 2. The third-order valence-electron chi connectivity index (χ3n) is 11.5. The number of carbonyl (C=O) groups is 2. The normalized spacial score (nSPS) is 36.8. The molecule has 2 aromatic rings. The van der Waals surface area contributed by atoms with E-state index in [9.17, 15) is 50.4 Å². The fraction of sp³-hybridized carbons (Fsp3) is 0.692. The zero-order valence-corrected chi connectivity index (χ0v) is 32.2. The minimum atomic E-state index is -1.88. The molecule has 3 aliphatic heterocycles. The molecule has 4 aliphatic rings. The number of rotatable bonds is 11. The van der Waals surface area contributed by atoms with Gasteiger partial charge in [-0.05, 0) is 70.5 Å². The molecular formula is C39H54O17.